The highest BCUT2D eigenvalue weighted by Gasteiger charge is 2.18. The minimum Gasteiger partial charge on any atom is -0.465 e. The molecule has 4 nitrogen and oxygen atoms in total. The lowest BCUT2D eigenvalue weighted by atomic mass is 10.1. The van der Waals surface area contributed by atoms with E-state index < -0.39 is 34.9 Å². The number of hydrogen-bond acceptors (Lipinski definition) is 4. The fourth-order valence-electron chi connectivity index (χ4n) is 1.62. The van der Waals surface area contributed by atoms with Gasteiger partial charge in [-0.3, -0.25) is 0 Å². The van der Waals surface area contributed by atoms with Crippen LogP contribution in [0.5, 0.6) is 11.5 Å². The zero-order valence-electron chi connectivity index (χ0n) is 10.8. The first-order valence-electron chi connectivity index (χ1n) is 5.73. The van der Waals surface area contributed by atoms with E-state index >= 15 is 0 Å². The van der Waals surface area contributed by atoms with Gasteiger partial charge < -0.3 is 15.2 Å². The van der Waals surface area contributed by atoms with E-state index in [2.05, 4.69) is 4.74 Å². The standard InChI is InChI=1S/C14H10F3NO3/c1-20-14(19)7-5-12(9(16)6-10(7)18)21-11-4-2-3-8(15)13(11)17/h2-6H,18H2,1H3. The molecule has 0 spiro atoms. The van der Waals surface area contributed by atoms with Gasteiger partial charge in [0.05, 0.1) is 12.7 Å². The van der Waals surface area contributed by atoms with E-state index in [1.807, 2.05) is 0 Å². The number of methoxy groups -OCH3 is 1. The molecule has 110 valence electrons. The minimum atomic E-state index is -1.27. The first kappa shape index (κ1) is 14.7. The molecule has 0 heterocycles. The molecule has 0 saturated heterocycles. The number of nitrogens with two attached hydrogens (primary N) is 1. The number of nitrogen functional groups attached to an aromatic ring is 1. The fraction of sp³-hybridized carbons (Fsp3) is 0.0714. The summed E-state index contributed by atoms with van der Waals surface area (Å²) >= 11 is 0. The fourth-order valence-corrected chi connectivity index (χ4v) is 1.62. The molecule has 0 atom stereocenters. The van der Waals surface area contributed by atoms with Gasteiger partial charge in [0, 0.05) is 17.8 Å². The van der Waals surface area contributed by atoms with Gasteiger partial charge >= 0.3 is 5.97 Å². The molecule has 21 heavy (non-hydrogen) atoms. The average molecular weight is 297 g/mol. The average Bonchev–Trinajstić information content (AvgIpc) is 2.45. The lowest BCUT2D eigenvalue weighted by Gasteiger charge is -2.11. The van der Waals surface area contributed by atoms with Crippen molar-refractivity contribution in [2.24, 2.45) is 0 Å². The van der Waals surface area contributed by atoms with Gasteiger partial charge in [0.1, 0.15) is 0 Å². The van der Waals surface area contributed by atoms with Crippen LogP contribution in [0.25, 0.3) is 0 Å². The summed E-state index contributed by atoms with van der Waals surface area (Å²) in [4.78, 5) is 11.5. The van der Waals surface area contributed by atoms with Gasteiger partial charge in [-0.25, -0.2) is 13.6 Å². The van der Waals surface area contributed by atoms with Crippen LogP contribution in [0.1, 0.15) is 10.4 Å². The first-order chi connectivity index (χ1) is 9.93. The molecule has 0 fully saturated rings. The molecule has 2 N–H and O–H groups in total. The van der Waals surface area contributed by atoms with Crippen LogP contribution in [-0.2, 0) is 4.74 Å². The van der Waals surface area contributed by atoms with E-state index in [4.69, 9.17) is 10.5 Å². The zero-order valence-corrected chi connectivity index (χ0v) is 10.8. The van der Waals surface area contributed by atoms with Crippen molar-refractivity contribution >= 4 is 11.7 Å². The Kier molecular flexibility index (Phi) is 4.02. The highest BCUT2D eigenvalue weighted by molar-refractivity contribution is 5.95. The quantitative estimate of drug-likeness (QED) is 0.697. The van der Waals surface area contributed by atoms with Crippen LogP contribution in [-0.4, -0.2) is 13.1 Å². The number of ether oxygens (including phenoxy) is 2. The van der Waals surface area contributed by atoms with Crippen LogP contribution >= 0.6 is 0 Å². The molecule has 0 aromatic heterocycles. The molecule has 0 amide bonds. The molecule has 0 aliphatic heterocycles. The number of carbonyl (C=O) groups is 1. The van der Waals surface area contributed by atoms with E-state index in [0.717, 1.165) is 31.4 Å². The third kappa shape index (κ3) is 2.91. The number of halogens is 3. The summed E-state index contributed by atoms with van der Waals surface area (Å²) in [6.45, 7) is 0. The largest absolute Gasteiger partial charge is 0.465 e. The van der Waals surface area contributed by atoms with Gasteiger partial charge in [0.2, 0.25) is 5.82 Å². The molecule has 0 radical (unpaired) electrons. The summed E-state index contributed by atoms with van der Waals surface area (Å²) < 4.78 is 49.7. The lowest BCUT2D eigenvalue weighted by Crippen LogP contribution is -2.07. The predicted octanol–water partition coefficient (Wildman–Crippen LogP) is 3.27. The van der Waals surface area contributed by atoms with Gasteiger partial charge in [-0.2, -0.15) is 4.39 Å². The second kappa shape index (κ2) is 5.74. The van der Waals surface area contributed by atoms with Gasteiger partial charge in [0.15, 0.2) is 23.1 Å². The Labute approximate surface area is 117 Å². The van der Waals surface area contributed by atoms with Crippen LogP contribution in [0.4, 0.5) is 18.9 Å². The van der Waals surface area contributed by atoms with Gasteiger partial charge in [-0.15, -0.1) is 0 Å². The van der Waals surface area contributed by atoms with Crippen molar-refractivity contribution in [1.82, 2.24) is 0 Å². The Morgan fingerprint density at radius 3 is 2.48 bits per heavy atom. The third-order valence-corrected chi connectivity index (χ3v) is 2.65. The van der Waals surface area contributed by atoms with Crippen molar-refractivity contribution in [2.45, 2.75) is 0 Å². The van der Waals surface area contributed by atoms with Crippen LogP contribution in [0.3, 0.4) is 0 Å². The third-order valence-electron chi connectivity index (χ3n) is 2.65. The first-order valence-corrected chi connectivity index (χ1v) is 5.73. The second-order valence-electron chi connectivity index (χ2n) is 4.02. The molecule has 2 rings (SSSR count). The SMILES string of the molecule is COC(=O)c1cc(Oc2cccc(F)c2F)c(F)cc1N. The van der Waals surface area contributed by atoms with Crippen LogP contribution < -0.4 is 10.5 Å². The summed E-state index contributed by atoms with van der Waals surface area (Å²) in [5.41, 5.74) is 5.18. The van der Waals surface area contributed by atoms with E-state index in [9.17, 15) is 18.0 Å². The molecule has 0 bridgehead atoms. The van der Waals surface area contributed by atoms with Crippen molar-refractivity contribution in [3.05, 3.63) is 53.3 Å². The molecular weight excluding hydrogens is 287 g/mol. The number of hydrogen-bond donors (Lipinski definition) is 1. The summed E-state index contributed by atoms with van der Waals surface area (Å²) in [7, 11) is 1.12. The summed E-state index contributed by atoms with van der Waals surface area (Å²) in [5.74, 6) is -5.14. The normalized spacial score (nSPS) is 10.3. The molecule has 0 aliphatic carbocycles. The molecule has 2 aromatic rings. The van der Waals surface area contributed by atoms with Crippen molar-refractivity contribution in [2.75, 3.05) is 12.8 Å². The maximum atomic E-state index is 13.7. The minimum absolute atomic E-state index is 0.147. The van der Waals surface area contributed by atoms with Crippen LogP contribution in [0.2, 0.25) is 0 Å². The number of esters is 1. The van der Waals surface area contributed by atoms with Crippen LogP contribution in [0, 0.1) is 17.5 Å². The van der Waals surface area contributed by atoms with Gasteiger partial charge in [-0.1, -0.05) is 6.07 Å². The number of anilines is 1. The van der Waals surface area contributed by atoms with E-state index in [1.165, 1.54) is 6.07 Å². The molecular formula is C14H10F3NO3. The molecule has 0 saturated carbocycles. The van der Waals surface area contributed by atoms with Crippen molar-refractivity contribution in [3.8, 4) is 11.5 Å². The smallest absolute Gasteiger partial charge is 0.340 e. The maximum absolute atomic E-state index is 13.7. The molecule has 0 aliphatic rings. The van der Waals surface area contributed by atoms with Crippen molar-refractivity contribution in [3.63, 3.8) is 0 Å². The van der Waals surface area contributed by atoms with Crippen LogP contribution in [0.15, 0.2) is 30.3 Å². The summed E-state index contributed by atoms with van der Waals surface area (Å²) in [6.07, 6.45) is 0. The topological polar surface area (TPSA) is 61.5 Å². The predicted molar refractivity (Wildman–Crippen MR) is 68.6 cm³/mol. The molecule has 0 unspecified atom stereocenters. The Hall–Kier alpha value is -2.70. The van der Waals surface area contributed by atoms with E-state index in [0.29, 0.717) is 0 Å². The highest BCUT2D eigenvalue weighted by atomic mass is 19.2. The maximum Gasteiger partial charge on any atom is 0.340 e. The number of carbonyl (C=O) groups excluding carboxylic acids is 1. The van der Waals surface area contributed by atoms with Gasteiger partial charge in [-0.05, 0) is 12.1 Å². The zero-order chi connectivity index (χ0) is 15.6. The summed E-state index contributed by atoms with van der Waals surface area (Å²) in [6, 6.07) is 5.00. The second-order valence-corrected chi connectivity index (χ2v) is 4.02. The Bertz CT molecular complexity index is 704. The number of benzene rings is 2. The van der Waals surface area contributed by atoms with Crippen molar-refractivity contribution in [1.29, 1.82) is 0 Å². The summed E-state index contributed by atoms with van der Waals surface area (Å²) in [5, 5.41) is 0. The van der Waals surface area contributed by atoms with Crippen molar-refractivity contribution < 1.29 is 27.4 Å². The van der Waals surface area contributed by atoms with Gasteiger partial charge in [0.25, 0.3) is 0 Å². The number of rotatable bonds is 3. The Morgan fingerprint density at radius 1 is 1.10 bits per heavy atom. The Balaban J connectivity index is 2.44. The molecule has 2 aromatic carbocycles. The highest BCUT2D eigenvalue weighted by Crippen LogP contribution is 2.31. The molecule has 7 heteroatoms. The Morgan fingerprint density at radius 2 is 1.81 bits per heavy atom. The monoisotopic (exact) mass is 297 g/mol. The van der Waals surface area contributed by atoms with E-state index in [-0.39, 0.29) is 11.3 Å². The lowest BCUT2D eigenvalue weighted by molar-refractivity contribution is 0.0601. The van der Waals surface area contributed by atoms with E-state index in [1.54, 1.807) is 0 Å².